The summed E-state index contributed by atoms with van der Waals surface area (Å²) in [7, 11) is 0. The molecule has 0 aromatic heterocycles. The van der Waals surface area contributed by atoms with E-state index >= 15 is 0 Å². The molecule has 46 heavy (non-hydrogen) atoms. The lowest BCUT2D eigenvalue weighted by Gasteiger charge is -2.15. The summed E-state index contributed by atoms with van der Waals surface area (Å²) in [6.45, 7) is 6.30. The van der Waals surface area contributed by atoms with Crippen molar-refractivity contribution in [1.82, 2.24) is 0 Å². The maximum atomic E-state index is 12.1. The molecule has 2 N–H and O–H groups in total. The molecule has 0 rings (SSSR count). The van der Waals surface area contributed by atoms with Gasteiger partial charge in [-0.1, -0.05) is 153 Å². The van der Waals surface area contributed by atoms with E-state index in [0.29, 0.717) is 25.7 Å². The maximum absolute atomic E-state index is 12.1. The third-order valence-corrected chi connectivity index (χ3v) is 7.88. The fourth-order valence-corrected chi connectivity index (χ4v) is 4.99. The predicted octanol–water partition coefficient (Wildman–Crippen LogP) is 10.3. The molecule has 0 spiro atoms. The van der Waals surface area contributed by atoms with Crippen molar-refractivity contribution in [2.75, 3.05) is 13.2 Å². The number of aliphatic hydroxyl groups is 2. The van der Waals surface area contributed by atoms with Crippen LogP contribution in [-0.2, 0) is 19.1 Å². The molecule has 266 valence electrons. The third kappa shape index (κ3) is 33.2. The maximum Gasteiger partial charge on any atom is 0.306 e. The van der Waals surface area contributed by atoms with Gasteiger partial charge in [0.25, 0.3) is 0 Å². The molecule has 0 saturated carbocycles. The van der Waals surface area contributed by atoms with Crippen LogP contribution in [0.15, 0.2) is 48.6 Å². The summed E-state index contributed by atoms with van der Waals surface area (Å²) in [6, 6.07) is 0. The molecule has 0 fully saturated rings. The van der Waals surface area contributed by atoms with Gasteiger partial charge >= 0.3 is 11.9 Å². The minimum absolute atomic E-state index is 0.115. The van der Waals surface area contributed by atoms with Crippen LogP contribution >= 0.6 is 0 Å². The number of unbranched alkanes of at least 4 members (excludes halogenated alkanes) is 14. The lowest BCUT2D eigenvalue weighted by molar-refractivity contribution is -0.161. The van der Waals surface area contributed by atoms with E-state index in [0.717, 1.165) is 38.0 Å². The first-order valence-electron chi connectivity index (χ1n) is 18.7. The molecular formula is C40H70O6. The average molecular weight is 647 g/mol. The number of aliphatic hydroxyl groups excluding tert-OH is 2. The highest BCUT2D eigenvalue weighted by atomic mass is 16.6. The van der Waals surface area contributed by atoms with Crippen molar-refractivity contribution >= 4 is 11.9 Å². The molecule has 0 aromatic carbocycles. The number of hydrogen-bond donors (Lipinski definition) is 2. The van der Waals surface area contributed by atoms with E-state index in [9.17, 15) is 19.8 Å². The number of allylic oxidation sites excluding steroid dienone is 6. The van der Waals surface area contributed by atoms with Crippen molar-refractivity contribution in [2.45, 2.75) is 174 Å². The highest BCUT2D eigenvalue weighted by molar-refractivity contribution is 5.70. The van der Waals surface area contributed by atoms with Gasteiger partial charge < -0.3 is 19.7 Å². The molecule has 2 atom stereocenters. The number of esters is 2. The van der Waals surface area contributed by atoms with Crippen LogP contribution in [0.25, 0.3) is 0 Å². The Kier molecular flexibility index (Phi) is 32.5. The quantitative estimate of drug-likeness (QED) is 0.0327. The topological polar surface area (TPSA) is 93.1 Å². The van der Waals surface area contributed by atoms with Crippen LogP contribution in [0.2, 0.25) is 0 Å². The Balaban J connectivity index is 3.78. The Bertz CT molecular complexity index is 813. The number of hydrogen-bond acceptors (Lipinski definition) is 6. The summed E-state index contributed by atoms with van der Waals surface area (Å²) in [6.07, 6.45) is 37.7. The van der Waals surface area contributed by atoms with Gasteiger partial charge in [-0.3, -0.25) is 9.59 Å². The minimum Gasteiger partial charge on any atom is -0.462 e. The highest BCUT2D eigenvalue weighted by Gasteiger charge is 2.16. The van der Waals surface area contributed by atoms with E-state index in [1.807, 2.05) is 24.3 Å². The average Bonchev–Trinajstić information content (AvgIpc) is 3.03. The zero-order valence-corrected chi connectivity index (χ0v) is 29.8. The van der Waals surface area contributed by atoms with E-state index in [1.165, 1.54) is 77.0 Å². The van der Waals surface area contributed by atoms with E-state index in [1.54, 1.807) is 6.08 Å². The Morgan fingerprint density at radius 3 is 1.93 bits per heavy atom. The normalized spacial score (nSPS) is 13.5. The molecule has 0 aromatic rings. The Morgan fingerprint density at radius 2 is 1.28 bits per heavy atom. The second-order valence-corrected chi connectivity index (χ2v) is 13.0. The molecule has 0 aliphatic heterocycles. The van der Waals surface area contributed by atoms with Gasteiger partial charge in [0.15, 0.2) is 6.10 Å². The molecule has 0 bridgehead atoms. The van der Waals surface area contributed by atoms with Gasteiger partial charge in [0.05, 0.1) is 12.7 Å². The van der Waals surface area contributed by atoms with Crippen molar-refractivity contribution in [3.05, 3.63) is 48.6 Å². The van der Waals surface area contributed by atoms with E-state index in [-0.39, 0.29) is 25.6 Å². The standard InChI is InChI=1S/C40H70O6/c1-4-5-6-7-8-12-16-20-25-30-37(42)31-26-21-18-23-28-33-40(44)46-38(34-41)35-45-39(43)32-27-22-17-14-11-9-10-13-15-19-24-29-36(2)3/h8,12,18,20-21,25-26,31,36-38,41-42H,4-7,9-11,13-17,19,22-24,27-30,32-35H2,1-3H3/b12-8-,21-18+,25-20-,31-26-/t37?,38-/m0/s1. The van der Waals surface area contributed by atoms with Crippen molar-refractivity contribution in [3.63, 3.8) is 0 Å². The second-order valence-electron chi connectivity index (χ2n) is 13.0. The molecule has 6 nitrogen and oxygen atoms in total. The van der Waals surface area contributed by atoms with E-state index in [2.05, 4.69) is 39.0 Å². The van der Waals surface area contributed by atoms with Crippen LogP contribution in [0.4, 0.5) is 0 Å². The van der Waals surface area contributed by atoms with Gasteiger partial charge in [0.1, 0.15) is 6.61 Å². The fraction of sp³-hybridized carbons (Fsp3) is 0.750. The molecule has 6 heteroatoms. The summed E-state index contributed by atoms with van der Waals surface area (Å²) in [5.74, 6) is 0.102. The first-order valence-corrected chi connectivity index (χ1v) is 18.7. The van der Waals surface area contributed by atoms with Crippen LogP contribution in [0.3, 0.4) is 0 Å². The first kappa shape index (κ1) is 43.8. The summed E-state index contributed by atoms with van der Waals surface area (Å²) in [5, 5.41) is 19.6. The van der Waals surface area contributed by atoms with Gasteiger partial charge in [-0.15, -0.1) is 0 Å². The minimum atomic E-state index is -0.831. The second kappa shape index (κ2) is 34.2. The molecular weight excluding hydrogens is 576 g/mol. The summed E-state index contributed by atoms with van der Waals surface area (Å²) < 4.78 is 10.5. The summed E-state index contributed by atoms with van der Waals surface area (Å²) >= 11 is 0. The van der Waals surface area contributed by atoms with Gasteiger partial charge in [0.2, 0.25) is 0 Å². The smallest absolute Gasteiger partial charge is 0.306 e. The molecule has 0 aliphatic rings. The lowest BCUT2D eigenvalue weighted by Crippen LogP contribution is -2.28. The summed E-state index contributed by atoms with van der Waals surface area (Å²) in [5.41, 5.74) is 0. The van der Waals surface area contributed by atoms with Crippen LogP contribution in [0.5, 0.6) is 0 Å². The Hall–Kier alpha value is -2.18. The number of carbonyl (C=O) groups excluding carboxylic acids is 2. The molecule has 1 unspecified atom stereocenters. The van der Waals surface area contributed by atoms with Crippen molar-refractivity contribution < 1.29 is 29.3 Å². The van der Waals surface area contributed by atoms with Gasteiger partial charge in [-0.25, -0.2) is 0 Å². The molecule has 0 amide bonds. The number of carbonyl (C=O) groups is 2. The predicted molar refractivity (Wildman–Crippen MR) is 193 cm³/mol. The zero-order valence-electron chi connectivity index (χ0n) is 29.8. The highest BCUT2D eigenvalue weighted by Crippen LogP contribution is 2.14. The lowest BCUT2D eigenvalue weighted by atomic mass is 10.0. The monoisotopic (exact) mass is 647 g/mol. The van der Waals surface area contributed by atoms with Crippen LogP contribution in [0, 0.1) is 5.92 Å². The third-order valence-electron chi connectivity index (χ3n) is 7.88. The van der Waals surface area contributed by atoms with Gasteiger partial charge in [0, 0.05) is 12.8 Å². The van der Waals surface area contributed by atoms with E-state index < -0.39 is 18.2 Å². The largest absolute Gasteiger partial charge is 0.462 e. The van der Waals surface area contributed by atoms with Gasteiger partial charge in [-0.2, -0.15) is 0 Å². The molecule has 0 saturated heterocycles. The number of rotatable bonds is 32. The Labute approximate surface area is 282 Å². The van der Waals surface area contributed by atoms with Gasteiger partial charge in [-0.05, 0) is 50.9 Å². The first-order chi connectivity index (χ1) is 22.4. The zero-order chi connectivity index (χ0) is 33.9. The fourth-order valence-electron chi connectivity index (χ4n) is 4.99. The Morgan fingerprint density at radius 1 is 0.674 bits per heavy atom. The molecule has 0 radical (unpaired) electrons. The SMILES string of the molecule is CCCCC/C=C\C/C=C\CC(O)/C=C\C=C\CCCC(=O)O[C@@H](CO)COC(=O)CCCCCCCCCCCCCC(C)C. The van der Waals surface area contributed by atoms with Crippen LogP contribution in [0.1, 0.15) is 162 Å². The van der Waals surface area contributed by atoms with E-state index in [4.69, 9.17) is 9.47 Å². The molecule has 0 aliphatic carbocycles. The number of ether oxygens (including phenoxy) is 2. The molecule has 0 heterocycles. The summed E-state index contributed by atoms with van der Waals surface area (Å²) in [4.78, 5) is 24.2. The van der Waals surface area contributed by atoms with Crippen LogP contribution in [-0.4, -0.2) is 47.6 Å². The van der Waals surface area contributed by atoms with Crippen molar-refractivity contribution in [3.8, 4) is 0 Å². The van der Waals surface area contributed by atoms with Crippen LogP contribution < -0.4 is 0 Å². The van der Waals surface area contributed by atoms with Crippen molar-refractivity contribution in [1.29, 1.82) is 0 Å². The van der Waals surface area contributed by atoms with Crippen molar-refractivity contribution in [2.24, 2.45) is 5.92 Å².